The molecule has 0 saturated carbocycles. The fraction of sp³-hybridized carbons (Fsp3) is 0.360. The number of rotatable bonds is 6. The van der Waals surface area contributed by atoms with E-state index in [-0.39, 0.29) is 34.5 Å². The Hall–Kier alpha value is -4.46. The summed E-state index contributed by atoms with van der Waals surface area (Å²) in [6.45, 7) is 16.0. The number of thiophene rings is 2. The van der Waals surface area contributed by atoms with Gasteiger partial charge in [0.05, 0.1) is 27.8 Å². The van der Waals surface area contributed by atoms with Crippen molar-refractivity contribution in [1.29, 1.82) is 0 Å². The lowest BCUT2D eigenvalue weighted by atomic mass is 9.90. The lowest BCUT2D eigenvalue weighted by molar-refractivity contribution is 0.0546. The number of pyridine rings is 2. The quantitative estimate of drug-likeness (QED) is 0.130. The number of carboxylic acid groups (broad SMARTS) is 1. The Morgan fingerprint density at radius 1 is 0.635 bits per heavy atom. The maximum Gasteiger partial charge on any atom is 0.335 e. The van der Waals surface area contributed by atoms with Crippen LogP contribution in [0.25, 0.3) is 43.1 Å². The monoisotopic (exact) mass is 926 g/mol. The Kier molecular flexibility index (Phi) is 16.0. The van der Waals surface area contributed by atoms with Gasteiger partial charge >= 0.3 is 5.97 Å². The molecule has 0 aliphatic carbocycles. The van der Waals surface area contributed by atoms with E-state index < -0.39 is 5.97 Å². The van der Waals surface area contributed by atoms with Crippen LogP contribution in [0.1, 0.15) is 99.3 Å². The predicted molar refractivity (Wildman–Crippen MR) is 260 cm³/mol. The van der Waals surface area contributed by atoms with Gasteiger partial charge in [-0.3, -0.25) is 14.8 Å². The van der Waals surface area contributed by atoms with E-state index in [2.05, 4.69) is 91.9 Å². The molecule has 6 heterocycles. The zero-order valence-electron chi connectivity index (χ0n) is 36.6. The van der Waals surface area contributed by atoms with Crippen LogP contribution in [0.5, 0.6) is 0 Å². The number of carboxylic acids is 1. The van der Waals surface area contributed by atoms with Crippen molar-refractivity contribution in [1.82, 2.24) is 20.2 Å². The first-order valence-corrected chi connectivity index (χ1v) is 23.7. The zero-order valence-corrected chi connectivity index (χ0v) is 39.8. The number of amides is 1. The van der Waals surface area contributed by atoms with Crippen LogP contribution in [0.3, 0.4) is 0 Å². The molecule has 4 aromatic heterocycles. The third-order valence-electron chi connectivity index (χ3n) is 10.9. The summed E-state index contributed by atoms with van der Waals surface area (Å²) in [7, 11) is 0. The SMILES string of the molecule is CC(C)(C)c1cc(-c2csc(-c3ccc(C(=O)N4CCC(O)CC4)cc3Cl)c2)ccn1.CC(C)(C)c1cc(-c2csc(-c3ccc(C(=O)O)cc3Cl)c2)ccn1.OC1CCNCC1. The fourth-order valence-electron chi connectivity index (χ4n) is 7.05. The molecule has 0 atom stereocenters. The van der Waals surface area contributed by atoms with Gasteiger partial charge in [0.1, 0.15) is 0 Å². The van der Waals surface area contributed by atoms with Gasteiger partial charge in [-0.2, -0.15) is 0 Å². The third-order valence-corrected chi connectivity index (χ3v) is 13.5. The van der Waals surface area contributed by atoms with Crippen molar-refractivity contribution in [3.8, 4) is 43.1 Å². The highest BCUT2D eigenvalue weighted by Gasteiger charge is 2.24. The molecule has 9 nitrogen and oxygen atoms in total. The minimum Gasteiger partial charge on any atom is -0.478 e. The van der Waals surface area contributed by atoms with E-state index in [1.807, 2.05) is 36.7 Å². The third kappa shape index (κ3) is 12.8. The summed E-state index contributed by atoms with van der Waals surface area (Å²) in [5, 5.41) is 36.0. The van der Waals surface area contributed by atoms with Crippen LogP contribution < -0.4 is 5.32 Å². The van der Waals surface area contributed by atoms with Crippen molar-refractivity contribution in [2.75, 3.05) is 26.2 Å². The summed E-state index contributed by atoms with van der Waals surface area (Å²) < 4.78 is 0. The summed E-state index contributed by atoms with van der Waals surface area (Å²) in [5.41, 5.74) is 9.12. The number of carbonyl (C=O) groups excluding carboxylic acids is 1. The van der Waals surface area contributed by atoms with Gasteiger partial charge in [-0.25, -0.2) is 4.79 Å². The van der Waals surface area contributed by atoms with Crippen molar-refractivity contribution >= 4 is 57.8 Å². The average molecular weight is 928 g/mol. The molecule has 0 radical (unpaired) electrons. The van der Waals surface area contributed by atoms with Gasteiger partial charge in [0.2, 0.25) is 0 Å². The molecule has 2 aliphatic rings. The molecule has 0 unspecified atom stereocenters. The Morgan fingerprint density at radius 2 is 1.08 bits per heavy atom. The number of aliphatic hydroxyl groups excluding tert-OH is 2. The largest absolute Gasteiger partial charge is 0.478 e. The van der Waals surface area contributed by atoms with Crippen molar-refractivity contribution in [2.45, 2.75) is 90.3 Å². The van der Waals surface area contributed by atoms with E-state index in [1.54, 1.807) is 45.8 Å². The molecule has 0 bridgehead atoms. The molecule has 13 heteroatoms. The second kappa shape index (κ2) is 21.0. The number of nitrogens with one attached hydrogen (secondary N) is 1. The summed E-state index contributed by atoms with van der Waals surface area (Å²) in [6.07, 6.45) is 6.48. The molecular formula is C50H56Cl2N4O5S2. The van der Waals surface area contributed by atoms with Crippen LogP contribution in [0.2, 0.25) is 10.0 Å². The number of carbonyl (C=O) groups is 2. The summed E-state index contributed by atoms with van der Waals surface area (Å²) in [4.78, 5) is 36.7. The van der Waals surface area contributed by atoms with Crippen LogP contribution >= 0.6 is 45.9 Å². The highest BCUT2D eigenvalue weighted by Crippen LogP contribution is 2.39. The van der Waals surface area contributed by atoms with Crippen LogP contribution in [-0.4, -0.2) is 80.5 Å². The van der Waals surface area contributed by atoms with Gasteiger partial charge in [-0.15, -0.1) is 22.7 Å². The molecule has 2 aliphatic heterocycles. The molecule has 0 spiro atoms. The number of nitrogens with zero attached hydrogens (tertiary/aromatic N) is 3. The summed E-state index contributed by atoms with van der Waals surface area (Å²) in [6, 6.07) is 22.9. The molecule has 4 N–H and O–H groups in total. The smallest absolute Gasteiger partial charge is 0.335 e. The zero-order chi connectivity index (χ0) is 45.5. The normalized spacial score (nSPS) is 14.9. The van der Waals surface area contributed by atoms with Gasteiger partial charge in [0, 0.05) is 74.1 Å². The number of halogens is 2. The number of benzene rings is 2. The van der Waals surface area contributed by atoms with Crippen LogP contribution in [0, 0.1) is 0 Å². The average Bonchev–Trinajstić information content (AvgIpc) is 3.96. The van der Waals surface area contributed by atoms with Crippen LogP contribution in [-0.2, 0) is 10.8 Å². The van der Waals surface area contributed by atoms with Crippen molar-refractivity contribution in [2.24, 2.45) is 0 Å². The van der Waals surface area contributed by atoms with Gasteiger partial charge in [-0.05, 0) is 132 Å². The van der Waals surface area contributed by atoms with Gasteiger partial charge in [-0.1, -0.05) is 76.9 Å². The predicted octanol–water partition coefficient (Wildman–Crippen LogP) is 11.9. The lowest BCUT2D eigenvalue weighted by Gasteiger charge is -2.29. The Bertz CT molecular complexity index is 2510. The maximum atomic E-state index is 12.8. The van der Waals surface area contributed by atoms with Crippen molar-refractivity contribution < 1.29 is 24.9 Å². The molecule has 332 valence electrons. The standard InChI is InChI=1S/C25H27ClN2O2S.C20H18ClNO2S.C5H11NO/c1-25(2,3)23-14-16(6-9-27-23)18-13-22(31-15-18)20-5-4-17(12-21(20)26)24(30)28-10-7-19(29)8-11-28;1-20(2,3)18-10-12(6-7-22-18)14-9-17(25-11-14)15-5-4-13(19(23)24)8-16(15)21;7-5-1-3-6-4-2-5/h4-6,9,12-15,19,29H,7-8,10-11H2,1-3H3;4-11H,1-3H3,(H,23,24);5-7H,1-4H2. The fourth-order valence-corrected chi connectivity index (χ4v) is 9.65. The molecule has 8 rings (SSSR count). The molecule has 6 aromatic rings. The molecule has 2 saturated heterocycles. The molecule has 2 fully saturated rings. The number of aromatic carboxylic acids is 1. The number of hydrogen-bond acceptors (Lipinski definition) is 9. The number of likely N-dealkylation sites (tertiary alicyclic amines) is 1. The van der Waals surface area contributed by atoms with Gasteiger partial charge < -0.3 is 25.5 Å². The van der Waals surface area contributed by atoms with Crippen LogP contribution in [0.15, 0.2) is 96.0 Å². The van der Waals surface area contributed by atoms with E-state index in [9.17, 15) is 14.7 Å². The Balaban J connectivity index is 0.000000184. The number of aromatic nitrogens is 2. The minimum absolute atomic E-state index is 0.00696. The second-order valence-electron chi connectivity index (χ2n) is 18.0. The Labute approximate surface area is 388 Å². The Morgan fingerprint density at radius 3 is 1.49 bits per heavy atom. The topological polar surface area (TPSA) is 136 Å². The number of aliphatic hydroxyl groups is 2. The van der Waals surface area contributed by atoms with Crippen LogP contribution in [0.4, 0.5) is 0 Å². The summed E-state index contributed by atoms with van der Waals surface area (Å²) in [5.74, 6) is -1.01. The van der Waals surface area contributed by atoms with Gasteiger partial charge in [0.25, 0.3) is 5.91 Å². The van der Waals surface area contributed by atoms with Crippen molar-refractivity contribution in [3.05, 3.63) is 129 Å². The van der Waals surface area contributed by atoms with E-state index in [0.717, 1.165) is 80.5 Å². The summed E-state index contributed by atoms with van der Waals surface area (Å²) >= 11 is 16.1. The first-order valence-electron chi connectivity index (χ1n) is 21.2. The second-order valence-corrected chi connectivity index (χ2v) is 20.6. The van der Waals surface area contributed by atoms with E-state index in [4.69, 9.17) is 33.4 Å². The number of hydrogen-bond donors (Lipinski definition) is 4. The molecular weight excluding hydrogens is 872 g/mol. The van der Waals surface area contributed by atoms with Gasteiger partial charge in [0.15, 0.2) is 0 Å². The molecule has 63 heavy (non-hydrogen) atoms. The first-order chi connectivity index (χ1) is 29.9. The lowest BCUT2D eigenvalue weighted by Crippen LogP contribution is -2.40. The molecule has 1 amide bonds. The minimum atomic E-state index is -0.980. The first kappa shape index (κ1) is 48.0. The molecule has 2 aromatic carbocycles. The van der Waals surface area contributed by atoms with E-state index >= 15 is 0 Å². The highest BCUT2D eigenvalue weighted by atomic mass is 35.5. The van der Waals surface area contributed by atoms with E-state index in [1.165, 1.54) is 6.07 Å². The van der Waals surface area contributed by atoms with Crippen molar-refractivity contribution in [3.63, 3.8) is 0 Å². The highest BCUT2D eigenvalue weighted by molar-refractivity contribution is 7.14. The number of piperidine rings is 2. The maximum absolute atomic E-state index is 12.8. The van der Waals surface area contributed by atoms with E-state index in [0.29, 0.717) is 41.5 Å².